The number of nitrogens with zero attached hydrogens (tertiary/aromatic N) is 1. The molecule has 1 aromatic carbocycles. The summed E-state index contributed by atoms with van der Waals surface area (Å²) < 4.78 is 0. The van der Waals surface area contributed by atoms with Crippen molar-refractivity contribution in [3.05, 3.63) is 27.7 Å². The van der Waals surface area contributed by atoms with Crippen molar-refractivity contribution >= 4 is 35.0 Å². The Kier molecular flexibility index (Phi) is 2.88. The van der Waals surface area contributed by atoms with Gasteiger partial charge in [-0.3, -0.25) is 0 Å². The molecule has 1 rings (SSSR count). The quantitative estimate of drug-likeness (QED) is 0.507. The van der Waals surface area contributed by atoms with Gasteiger partial charge in [-0.15, -0.1) is 0 Å². The average Bonchev–Trinajstić information content (AvgIpc) is 2.01. The lowest BCUT2D eigenvalue weighted by atomic mass is 10.2. The van der Waals surface area contributed by atoms with Crippen LogP contribution in [0.4, 0.5) is 5.69 Å². The summed E-state index contributed by atoms with van der Waals surface area (Å²) in [4.78, 5) is 13.3. The third-order valence-corrected chi connectivity index (χ3v) is 2.23. The molecular formula is C8H5Cl2NO. The molecular weight excluding hydrogens is 197 g/mol. The van der Waals surface area contributed by atoms with Crippen molar-refractivity contribution in [1.82, 2.24) is 0 Å². The van der Waals surface area contributed by atoms with E-state index >= 15 is 0 Å². The topological polar surface area (TPSA) is 29.4 Å². The van der Waals surface area contributed by atoms with E-state index in [0.29, 0.717) is 15.7 Å². The van der Waals surface area contributed by atoms with E-state index in [0.717, 1.165) is 5.56 Å². The fourth-order valence-corrected chi connectivity index (χ4v) is 1.22. The molecule has 0 aliphatic carbocycles. The van der Waals surface area contributed by atoms with Crippen LogP contribution in [-0.2, 0) is 4.79 Å². The molecule has 2 nitrogen and oxygen atoms in total. The van der Waals surface area contributed by atoms with Crippen LogP contribution >= 0.6 is 23.2 Å². The number of hydrogen-bond acceptors (Lipinski definition) is 2. The third-order valence-electron chi connectivity index (χ3n) is 1.44. The van der Waals surface area contributed by atoms with Crippen molar-refractivity contribution in [2.24, 2.45) is 4.99 Å². The van der Waals surface area contributed by atoms with E-state index in [1.807, 2.05) is 0 Å². The Labute approximate surface area is 79.8 Å². The van der Waals surface area contributed by atoms with Crippen LogP contribution in [0.15, 0.2) is 17.1 Å². The van der Waals surface area contributed by atoms with E-state index in [4.69, 9.17) is 23.2 Å². The van der Waals surface area contributed by atoms with Gasteiger partial charge < -0.3 is 0 Å². The fourth-order valence-electron chi connectivity index (χ4n) is 0.749. The molecule has 0 spiro atoms. The van der Waals surface area contributed by atoms with E-state index < -0.39 is 0 Å². The summed E-state index contributed by atoms with van der Waals surface area (Å²) in [7, 11) is 0. The number of isocyanates is 1. The Morgan fingerprint density at radius 2 is 1.83 bits per heavy atom. The summed E-state index contributed by atoms with van der Waals surface area (Å²) in [5, 5.41) is 0.994. The van der Waals surface area contributed by atoms with Crippen molar-refractivity contribution < 1.29 is 4.79 Å². The lowest BCUT2D eigenvalue weighted by Gasteiger charge is -2.00. The van der Waals surface area contributed by atoms with Crippen molar-refractivity contribution in [3.63, 3.8) is 0 Å². The molecule has 0 fully saturated rings. The standard InChI is InChI=1S/C8H5Cl2NO/c1-5-7(9)2-6(11-4-12)3-8(5)10/h2-3H,1H3. The highest BCUT2D eigenvalue weighted by Gasteiger charge is 2.02. The predicted molar refractivity (Wildman–Crippen MR) is 49.0 cm³/mol. The summed E-state index contributed by atoms with van der Waals surface area (Å²) in [6, 6.07) is 3.13. The van der Waals surface area contributed by atoms with E-state index in [1.165, 1.54) is 6.08 Å². The van der Waals surface area contributed by atoms with Crippen LogP contribution in [-0.4, -0.2) is 6.08 Å². The summed E-state index contributed by atoms with van der Waals surface area (Å²) in [5.74, 6) is 0. The van der Waals surface area contributed by atoms with Gasteiger partial charge in [-0.1, -0.05) is 23.2 Å². The van der Waals surface area contributed by atoms with Crippen LogP contribution in [0, 0.1) is 6.92 Å². The molecule has 0 aromatic heterocycles. The lowest BCUT2D eigenvalue weighted by Crippen LogP contribution is -1.76. The zero-order valence-electron chi connectivity index (χ0n) is 6.27. The molecule has 4 heteroatoms. The smallest absolute Gasteiger partial charge is 0.211 e. The first-order chi connectivity index (χ1) is 5.65. The first kappa shape index (κ1) is 9.27. The van der Waals surface area contributed by atoms with Crippen LogP contribution in [0.2, 0.25) is 10.0 Å². The Morgan fingerprint density at radius 1 is 1.33 bits per heavy atom. The van der Waals surface area contributed by atoms with Crippen molar-refractivity contribution in [2.75, 3.05) is 0 Å². The monoisotopic (exact) mass is 201 g/mol. The maximum absolute atomic E-state index is 9.90. The van der Waals surface area contributed by atoms with E-state index in [2.05, 4.69) is 4.99 Å². The number of carbonyl (C=O) groups excluding carboxylic acids is 1. The second-order valence-corrected chi connectivity index (χ2v) is 3.05. The second kappa shape index (κ2) is 3.72. The molecule has 1 aromatic rings. The minimum absolute atomic E-state index is 0.422. The Hall–Kier alpha value is -0.820. The Balaban J connectivity index is 3.30. The number of hydrogen-bond donors (Lipinski definition) is 0. The minimum atomic E-state index is 0.422. The number of halogens is 2. The number of aliphatic imine (C=N–C) groups is 1. The zero-order chi connectivity index (χ0) is 9.14. The SMILES string of the molecule is Cc1c(Cl)cc(N=C=O)cc1Cl. The summed E-state index contributed by atoms with van der Waals surface area (Å²) in [5.41, 5.74) is 1.20. The van der Waals surface area contributed by atoms with Gasteiger partial charge in [0, 0.05) is 10.0 Å². The first-order valence-corrected chi connectivity index (χ1v) is 3.94. The molecule has 0 saturated heterocycles. The van der Waals surface area contributed by atoms with Crippen LogP contribution in [0.25, 0.3) is 0 Å². The fraction of sp³-hybridized carbons (Fsp3) is 0.125. The van der Waals surface area contributed by atoms with Gasteiger partial charge in [-0.2, -0.15) is 4.99 Å². The lowest BCUT2D eigenvalue weighted by molar-refractivity contribution is 0.565. The van der Waals surface area contributed by atoms with Gasteiger partial charge in [0.05, 0.1) is 5.69 Å². The molecule has 0 radical (unpaired) electrons. The number of benzene rings is 1. The summed E-state index contributed by atoms with van der Waals surface area (Å²) >= 11 is 11.6. The highest BCUT2D eigenvalue weighted by Crippen LogP contribution is 2.29. The van der Waals surface area contributed by atoms with Crippen molar-refractivity contribution in [2.45, 2.75) is 6.92 Å². The largest absolute Gasteiger partial charge is 0.240 e. The molecule has 0 atom stereocenters. The van der Waals surface area contributed by atoms with Crippen molar-refractivity contribution in [1.29, 1.82) is 0 Å². The minimum Gasteiger partial charge on any atom is -0.211 e. The normalized spacial score (nSPS) is 9.25. The van der Waals surface area contributed by atoms with Crippen LogP contribution in [0.3, 0.4) is 0 Å². The van der Waals surface area contributed by atoms with E-state index in [-0.39, 0.29) is 0 Å². The maximum Gasteiger partial charge on any atom is 0.240 e. The molecule has 0 N–H and O–H groups in total. The first-order valence-electron chi connectivity index (χ1n) is 3.18. The highest BCUT2D eigenvalue weighted by molar-refractivity contribution is 6.36. The summed E-state index contributed by atoms with van der Waals surface area (Å²) in [6.07, 6.45) is 1.42. The van der Waals surface area contributed by atoms with Gasteiger partial charge >= 0.3 is 0 Å². The van der Waals surface area contributed by atoms with Crippen LogP contribution in [0.1, 0.15) is 5.56 Å². The molecule has 0 heterocycles. The third kappa shape index (κ3) is 1.86. The Bertz CT molecular complexity index is 333. The van der Waals surface area contributed by atoms with Gasteiger partial charge in [0.1, 0.15) is 0 Å². The van der Waals surface area contributed by atoms with Gasteiger partial charge in [-0.05, 0) is 24.6 Å². The van der Waals surface area contributed by atoms with Gasteiger partial charge in [0.15, 0.2) is 0 Å². The van der Waals surface area contributed by atoms with Crippen LogP contribution in [0.5, 0.6) is 0 Å². The van der Waals surface area contributed by atoms with Crippen molar-refractivity contribution in [3.8, 4) is 0 Å². The number of rotatable bonds is 1. The van der Waals surface area contributed by atoms with E-state index in [9.17, 15) is 4.79 Å². The van der Waals surface area contributed by atoms with Gasteiger partial charge in [0.25, 0.3) is 0 Å². The second-order valence-electron chi connectivity index (χ2n) is 2.24. The molecule has 62 valence electrons. The summed E-state index contributed by atoms with van der Waals surface area (Å²) in [6.45, 7) is 1.79. The molecule has 0 bridgehead atoms. The van der Waals surface area contributed by atoms with Gasteiger partial charge in [0.2, 0.25) is 6.08 Å². The molecule has 0 aliphatic heterocycles. The molecule has 12 heavy (non-hydrogen) atoms. The van der Waals surface area contributed by atoms with Crippen LogP contribution < -0.4 is 0 Å². The predicted octanol–water partition coefficient (Wildman–Crippen LogP) is 3.27. The zero-order valence-corrected chi connectivity index (χ0v) is 7.78. The maximum atomic E-state index is 9.90. The average molecular weight is 202 g/mol. The van der Waals surface area contributed by atoms with E-state index in [1.54, 1.807) is 19.1 Å². The molecule has 0 unspecified atom stereocenters. The molecule has 0 aliphatic rings. The Morgan fingerprint density at radius 3 is 2.25 bits per heavy atom. The highest BCUT2D eigenvalue weighted by atomic mass is 35.5. The molecule has 0 amide bonds. The molecule has 0 saturated carbocycles. The van der Waals surface area contributed by atoms with Gasteiger partial charge in [-0.25, -0.2) is 4.79 Å².